The van der Waals surface area contributed by atoms with Gasteiger partial charge in [0.15, 0.2) is 0 Å². The topological polar surface area (TPSA) is 49.3 Å². The molecule has 1 rings (SSSR count). The fourth-order valence-electron chi connectivity index (χ4n) is 1.56. The van der Waals surface area contributed by atoms with E-state index in [2.05, 4.69) is 4.84 Å². The van der Waals surface area contributed by atoms with E-state index in [1.807, 2.05) is 0 Å². The van der Waals surface area contributed by atoms with Crippen molar-refractivity contribution in [3.63, 3.8) is 0 Å². The summed E-state index contributed by atoms with van der Waals surface area (Å²) in [5.74, 6) is -0.725. The summed E-state index contributed by atoms with van der Waals surface area (Å²) in [4.78, 5) is 12.9. The molecule has 3 nitrogen and oxygen atoms in total. The number of hydrogen-bond acceptors (Lipinski definition) is 2. The Kier molecular flexibility index (Phi) is 2.73. The largest absolute Gasteiger partial charge is 0.481 e. The van der Waals surface area contributed by atoms with Crippen LogP contribution in [0, 0.1) is 5.41 Å². The van der Waals surface area contributed by atoms with Crippen LogP contribution < -0.4 is 4.84 Å². The first-order valence-corrected chi connectivity index (χ1v) is 4.12. The zero-order valence-electron chi connectivity index (χ0n) is 6.27. The van der Waals surface area contributed by atoms with Gasteiger partial charge in [0.05, 0.1) is 6.42 Å². The van der Waals surface area contributed by atoms with Crippen molar-refractivity contribution in [2.45, 2.75) is 25.7 Å². The van der Waals surface area contributed by atoms with Crippen molar-refractivity contribution in [1.29, 1.82) is 0 Å². The average Bonchev–Trinajstić information content (AvgIpc) is 1.82. The highest BCUT2D eigenvalue weighted by molar-refractivity contribution is 6.13. The van der Waals surface area contributed by atoms with E-state index in [1.54, 1.807) is 0 Å². The van der Waals surface area contributed by atoms with Crippen molar-refractivity contribution in [3.05, 3.63) is 0 Å². The molecule has 0 heterocycles. The smallest absolute Gasteiger partial charge is 0.303 e. The minimum atomic E-state index is -0.725. The van der Waals surface area contributed by atoms with Gasteiger partial charge >= 0.3 is 5.97 Å². The van der Waals surface area contributed by atoms with Gasteiger partial charge in [-0.1, -0.05) is 6.42 Å². The van der Waals surface area contributed by atoms with Crippen molar-refractivity contribution in [3.8, 4) is 0 Å². The van der Waals surface area contributed by atoms with Gasteiger partial charge < -0.3 is 5.11 Å². The number of aliphatic carboxylic acids is 1. The van der Waals surface area contributed by atoms with E-state index < -0.39 is 5.97 Å². The summed E-state index contributed by atoms with van der Waals surface area (Å²) in [5.41, 5.74) is -0.0480. The van der Waals surface area contributed by atoms with Gasteiger partial charge in [0.25, 0.3) is 0 Å². The van der Waals surface area contributed by atoms with Crippen LogP contribution in [-0.2, 0) is 4.79 Å². The summed E-state index contributed by atoms with van der Waals surface area (Å²) >= 11 is 5.34. The van der Waals surface area contributed by atoms with Gasteiger partial charge in [0.2, 0.25) is 0 Å². The molecule has 4 heteroatoms. The molecule has 0 atom stereocenters. The van der Waals surface area contributed by atoms with Gasteiger partial charge in [0, 0.05) is 6.54 Å². The van der Waals surface area contributed by atoms with Crippen LogP contribution in [-0.4, -0.2) is 17.6 Å². The van der Waals surface area contributed by atoms with Crippen LogP contribution >= 0.6 is 11.8 Å². The highest BCUT2D eigenvalue weighted by atomic mass is 35.5. The fraction of sp³-hybridized carbons (Fsp3) is 0.857. The first-order chi connectivity index (χ1) is 5.18. The predicted molar refractivity (Wildman–Crippen MR) is 42.4 cm³/mol. The SMILES string of the molecule is O=C(O)CC1(CNCl)CCC1. The molecular formula is C7H12ClNO2. The van der Waals surface area contributed by atoms with Crippen LogP contribution in [0.4, 0.5) is 0 Å². The second kappa shape index (κ2) is 3.41. The molecule has 0 amide bonds. The van der Waals surface area contributed by atoms with E-state index in [0.717, 1.165) is 19.3 Å². The summed E-state index contributed by atoms with van der Waals surface area (Å²) in [6, 6.07) is 0. The van der Waals surface area contributed by atoms with E-state index in [-0.39, 0.29) is 11.8 Å². The molecule has 0 saturated heterocycles. The molecule has 1 aliphatic carbocycles. The highest BCUT2D eigenvalue weighted by Gasteiger charge is 2.38. The van der Waals surface area contributed by atoms with E-state index >= 15 is 0 Å². The summed E-state index contributed by atoms with van der Waals surface area (Å²) in [7, 11) is 0. The summed E-state index contributed by atoms with van der Waals surface area (Å²) in [6.45, 7) is 0.612. The van der Waals surface area contributed by atoms with Crippen molar-refractivity contribution in [2.24, 2.45) is 5.41 Å². The van der Waals surface area contributed by atoms with Crippen LogP contribution in [0.1, 0.15) is 25.7 Å². The fourth-order valence-corrected chi connectivity index (χ4v) is 1.84. The molecule has 0 radical (unpaired) electrons. The number of carbonyl (C=O) groups is 1. The second-order valence-electron chi connectivity index (χ2n) is 3.23. The van der Waals surface area contributed by atoms with Crippen LogP contribution in [0.2, 0.25) is 0 Å². The lowest BCUT2D eigenvalue weighted by molar-refractivity contribution is -0.141. The van der Waals surface area contributed by atoms with Crippen molar-refractivity contribution < 1.29 is 9.90 Å². The molecule has 11 heavy (non-hydrogen) atoms. The summed E-state index contributed by atoms with van der Waals surface area (Å²) in [6.07, 6.45) is 3.34. The number of halogens is 1. The Morgan fingerprint density at radius 1 is 1.64 bits per heavy atom. The monoisotopic (exact) mass is 177 g/mol. The van der Waals surface area contributed by atoms with Crippen LogP contribution in [0.3, 0.4) is 0 Å². The maximum Gasteiger partial charge on any atom is 0.303 e. The third-order valence-corrected chi connectivity index (χ3v) is 2.52. The number of rotatable bonds is 4. The molecular weight excluding hydrogens is 166 g/mol. The van der Waals surface area contributed by atoms with Crippen molar-refractivity contribution >= 4 is 17.7 Å². The van der Waals surface area contributed by atoms with Gasteiger partial charge in [-0.2, -0.15) is 0 Å². The Labute approximate surface area is 70.8 Å². The lowest BCUT2D eigenvalue weighted by atomic mass is 9.67. The second-order valence-corrected chi connectivity index (χ2v) is 3.50. The molecule has 0 spiro atoms. The first-order valence-electron chi connectivity index (χ1n) is 3.74. The Hall–Kier alpha value is -0.280. The van der Waals surface area contributed by atoms with Crippen molar-refractivity contribution in [1.82, 2.24) is 4.84 Å². The third-order valence-electron chi connectivity index (χ3n) is 2.38. The van der Waals surface area contributed by atoms with E-state index in [9.17, 15) is 4.79 Å². The highest BCUT2D eigenvalue weighted by Crippen LogP contribution is 2.43. The molecule has 1 fully saturated rings. The average molecular weight is 178 g/mol. The molecule has 0 aliphatic heterocycles. The molecule has 64 valence electrons. The maximum atomic E-state index is 10.4. The Morgan fingerprint density at radius 3 is 2.55 bits per heavy atom. The predicted octanol–water partition coefficient (Wildman–Crippen LogP) is 1.37. The quantitative estimate of drug-likeness (QED) is 0.638. The standard InChI is InChI=1S/C7H12ClNO2/c8-9-5-7(2-1-3-7)4-6(10)11/h9H,1-5H2,(H,10,11). The minimum Gasteiger partial charge on any atom is -0.481 e. The van der Waals surface area contributed by atoms with Crippen LogP contribution in [0.25, 0.3) is 0 Å². The van der Waals surface area contributed by atoms with Gasteiger partial charge in [-0.15, -0.1) is 0 Å². The third kappa shape index (κ3) is 2.07. The maximum absolute atomic E-state index is 10.4. The number of hydrogen-bond donors (Lipinski definition) is 2. The first kappa shape index (κ1) is 8.81. The Balaban J connectivity index is 2.39. The van der Waals surface area contributed by atoms with Gasteiger partial charge in [-0.05, 0) is 30.0 Å². The molecule has 0 bridgehead atoms. The summed E-state index contributed by atoms with van der Waals surface area (Å²) in [5, 5.41) is 8.57. The lowest BCUT2D eigenvalue weighted by Crippen LogP contribution is -2.39. The molecule has 0 unspecified atom stereocenters. The van der Waals surface area contributed by atoms with Crippen LogP contribution in [0.15, 0.2) is 0 Å². The zero-order valence-corrected chi connectivity index (χ0v) is 7.02. The molecule has 0 aromatic carbocycles. The van der Waals surface area contributed by atoms with Gasteiger partial charge in [-0.3, -0.25) is 4.79 Å². The normalized spacial score (nSPS) is 20.8. The molecule has 0 aromatic rings. The number of nitrogens with one attached hydrogen (secondary N) is 1. The number of carboxylic acid groups (broad SMARTS) is 1. The number of carboxylic acids is 1. The Morgan fingerprint density at radius 2 is 2.27 bits per heavy atom. The Bertz CT molecular complexity index is 157. The summed E-state index contributed by atoms with van der Waals surface area (Å²) < 4.78 is 0. The van der Waals surface area contributed by atoms with Gasteiger partial charge in [-0.25, -0.2) is 4.84 Å². The van der Waals surface area contributed by atoms with Gasteiger partial charge in [0.1, 0.15) is 0 Å². The van der Waals surface area contributed by atoms with Crippen molar-refractivity contribution in [2.75, 3.05) is 6.54 Å². The lowest BCUT2D eigenvalue weighted by Gasteiger charge is -2.40. The molecule has 1 saturated carbocycles. The van der Waals surface area contributed by atoms with Crippen LogP contribution in [0.5, 0.6) is 0 Å². The molecule has 1 aliphatic rings. The molecule has 0 aromatic heterocycles. The molecule has 2 N–H and O–H groups in total. The van der Waals surface area contributed by atoms with E-state index in [4.69, 9.17) is 16.9 Å². The van der Waals surface area contributed by atoms with E-state index in [1.165, 1.54) is 0 Å². The zero-order chi connectivity index (χ0) is 8.32. The minimum absolute atomic E-state index is 0.0480. The van der Waals surface area contributed by atoms with E-state index in [0.29, 0.717) is 6.54 Å².